The molecule has 0 amide bonds. The molecule has 8 heteroatoms. The number of sulfonamides is 1. The fraction of sp³-hybridized carbons (Fsp3) is 0.263. The number of hydrogen-bond acceptors (Lipinski definition) is 4. The van der Waals surface area contributed by atoms with Crippen LogP contribution < -0.4 is 9.46 Å². The summed E-state index contributed by atoms with van der Waals surface area (Å²) in [5.74, 6) is -0.392. The van der Waals surface area contributed by atoms with Crippen molar-refractivity contribution in [3.8, 4) is 11.5 Å². The van der Waals surface area contributed by atoms with Gasteiger partial charge in [0.25, 0.3) is 0 Å². The average molecular weight is 469 g/mol. The van der Waals surface area contributed by atoms with Crippen LogP contribution in [-0.2, 0) is 47.5 Å². The van der Waals surface area contributed by atoms with Gasteiger partial charge < -0.3 is 17.3 Å². The second kappa shape index (κ2) is 13.8. The maximum Gasteiger partial charge on any atom is 0.304 e. The van der Waals surface area contributed by atoms with Crippen LogP contribution in [0.1, 0.15) is 27.2 Å². The number of carboxylic acids is 1. The summed E-state index contributed by atoms with van der Waals surface area (Å²) in [7, 11) is -3.89. The van der Waals surface area contributed by atoms with Gasteiger partial charge >= 0.3 is 5.97 Å². The molecule has 2 aromatic carbocycles. The Bertz CT molecular complexity index is 782. The number of carbonyl (C=O) groups is 1. The minimum Gasteiger partial charge on any atom is -0.481 e. The van der Waals surface area contributed by atoms with Crippen molar-refractivity contribution in [3.63, 3.8) is 0 Å². The third-order valence-electron chi connectivity index (χ3n) is 2.95. The monoisotopic (exact) mass is 469 g/mol. The minimum atomic E-state index is -3.89. The molecule has 2 N–H and O–H groups in total. The van der Waals surface area contributed by atoms with Crippen LogP contribution in [0.2, 0.25) is 0 Å². The summed E-state index contributed by atoms with van der Waals surface area (Å²) in [6.07, 6.45) is -0.305. The third kappa shape index (κ3) is 9.47. The predicted molar refractivity (Wildman–Crippen MR) is 103 cm³/mol. The largest absolute Gasteiger partial charge is 0.481 e. The van der Waals surface area contributed by atoms with Crippen LogP contribution in [-0.4, -0.2) is 25.5 Å². The molecule has 0 saturated heterocycles. The van der Waals surface area contributed by atoms with Gasteiger partial charge in [0.15, 0.2) is 0 Å². The van der Waals surface area contributed by atoms with E-state index in [-0.39, 0.29) is 57.2 Å². The topological polar surface area (TPSA) is 92.7 Å². The van der Waals surface area contributed by atoms with E-state index in [9.17, 15) is 13.2 Å². The van der Waals surface area contributed by atoms with Crippen LogP contribution in [0.3, 0.4) is 0 Å². The summed E-state index contributed by atoms with van der Waals surface area (Å²) in [6.45, 7) is 5.49. The number of para-hydroxylation sites is 2. The number of ether oxygens (including phenoxy) is 1. The third-order valence-corrected chi connectivity index (χ3v) is 4.58. The van der Waals surface area contributed by atoms with Gasteiger partial charge in [0.1, 0.15) is 16.4 Å². The predicted octanol–water partition coefficient (Wildman–Crippen LogP) is 4.09. The number of aliphatic carboxylic acids is 1. The summed E-state index contributed by atoms with van der Waals surface area (Å²) in [5, 5.41) is 8.74. The Morgan fingerprint density at radius 2 is 1.59 bits per heavy atom. The van der Waals surface area contributed by atoms with E-state index in [1.807, 2.05) is 19.9 Å². The van der Waals surface area contributed by atoms with Gasteiger partial charge in [0.05, 0.1) is 6.42 Å². The fourth-order valence-electron chi connectivity index (χ4n) is 2.00. The van der Waals surface area contributed by atoms with Crippen molar-refractivity contribution in [2.24, 2.45) is 0 Å². The smallest absolute Gasteiger partial charge is 0.304 e. The summed E-state index contributed by atoms with van der Waals surface area (Å²) in [6, 6.07) is 14.3. The number of nitrogens with one attached hydrogen (secondary N) is 1. The van der Waals surface area contributed by atoms with E-state index in [2.05, 4.69) is 4.72 Å². The normalized spacial score (nSPS) is 10.9. The molecule has 0 spiro atoms. The minimum absolute atomic E-state index is 0. The molecule has 2 aromatic rings. The van der Waals surface area contributed by atoms with Crippen molar-refractivity contribution in [2.75, 3.05) is 0 Å². The molecule has 0 unspecified atom stereocenters. The van der Waals surface area contributed by atoms with Gasteiger partial charge in [-0.05, 0) is 31.2 Å². The molecule has 0 fully saturated rings. The summed E-state index contributed by atoms with van der Waals surface area (Å²) >= 11 is 0. The van der Waals surface area contributed by atoms with Crippen molar-refractivity contribution in [2.45, 2.75) is 38.1 Å². The molecule has 0 aliphatic carbocycles. The molecular formula is C19H26NO5SY-. The van der Waals surface area contributed by atoms with Gasteiger partial charge in [0, 0.05) is 38.8 Å². The zero-order chi connectivity index (χ0) is 18.9. The SMILES string of the molecule is CC.C[C@H](CC(=O)O)NS(=O)(=O)c1ccccc1Oc1ccccc1.[CH3-].[Y]. The van der Waals surface area contributed by atoms with Gasteiger partial charge in [-0.2, -0.15) is 0 Å². The molecule has 0 aromatic heterocycles. The van der Waals surface area contributed by atoms with E-state index in [0.717, 1.165) is 0 Å². The van der Waals surface area contributed by atoms with Crippen molar-refractivity contribution < 1.29 is 55.8 Å². The average Bonchev–Trinajstić information content (AvgIpc) is 2.56. The Labute approximate surface area is 187 Å². The van der Waals surface area contributed by atoms with Crippen LogP contribution in [0.15, 0.2) is 59.5 Å². The molecule has 0 aliphatic heterocycles. The Morgan fingerprint density at radius 3 is 2.15 bits per heavy atom. The molecular weight excluding hydrogens is 443 g/mol. The van der Waals surface area contributed by atoms with E-state index in [4.69, 9.17) is 9.84 Å². The molecule has 27 heavy (non-hydrogen) atoms. The maximum atomic E-state index is 12.5. The Balaban J connectivity index is 0. The number of carboxylic acid groups (broad SMARTS) is 1. The molecule has 0 heterocycles. The van der Waals surface area contributed by atoms with E-state index in [1.165, 1.54) is 13.0 Å². The number of benzene rings is 2. The first-order valence-corrected chi connectivity index (χ1v) is 9.43. The molecule has 2 rings (SSSR count). The van der Waals surface area contributed by atoms with Crippen LogP contribution in [0.4, 0.5) is 0 Å². The quantitative estimate of drug-likeness (QED) is 0.596. The standard InChI is InChI=1S/C16H17NO5S.C2H6.CH3.Y/c1-12(11-16(18)19)17-23(20,21)15-10-6-5-9-14(15)22-13-7-3-2-4-8-13;1-2;;/h2-10,12,17H,11H2,1H3,(H,18,19);1-2H3;1H3;/q;;-1;/t12-;;;/m1.../s1. The Kier molecular flexibility index (Phi) is 14.3. The molecule has 0 saturated carbocycles. The first-order chi connectivity index (χ1) is 11.9. The van der Waals surface area contributed by atoms with Gasteiger partial charge in [0.2, 0.25) is 10.0 Å². The van der Waals surface area contributed by atoms with Crippen LogP contribution in [0.25, 0.3) is 0 Å². The second-order valence-electron chi connectivity index (χ2n) is 4.98. The van der Waals surface area contributed by atoms with Gasteiger partial charge in [-0.15, -0.1) is 0 Å². The van der Waals surface area contributed by atoms with Crippen LogP contribution in [0, 0.1) is 7.43 Å². The molecule has 0 bridgehead atoms. The first kappa shape index (κ1) is 27.9. The Hall–Kier alpha value is -1.28. The summed E-state index contributed by atoms with van der Waals surface area (Å²) < 4.78 is 32.9. The van der Waals surface area contributed by atoms with Crippen LogP contribution in [0.5, 0.6) is 11.5 Å². The van der Waals surface area contributed by atoms with Crippen molar-refractivity contribution in [3.05, 3.63) is 62.0 Å². The first-order valence-electron chi connectivity index (χ1n) is 7.94. The van der Waals surface area contributed by atoms with E-state index >= 15 is 0 Å². The molecule has 147 valence electrons. The number of hydrogen-bond donors (Lipinski definition) is 2. The van der Waals surface area contributed by atoms with Gasteiger partial charge in [-0.25, -0.2) is 13.1 Å². The van der Waals surface area contributed by atoms with E-state index < -0.39 is 22.0 Å². The van der Waals surface area contributed by atoms with E-state index in [0.29, 0.717) is 5.75 Å². The fourth-order valence-corrected chi connectivity index (χ4v) is 3.38. The zero-order valence-electron chi connectivity index (χ0n) is 16.0. The molecule has 6 nitrogen and oxygen atoms in total. The van der Waals surface area contributed by atoms with Crippen molar-refractivity contribution in [1.29, 1.82) is 0 Å². The molecule has 1 atom stereocenters. The summed E-state index contributed by atoms with van der Waals surface area (Å²) in [4.78, 5) is 10.6. The van der Waals surface area contributed by atoms with E-state index in [1.54, 1.807) is 42.5 Å². The molecule has 1 radical (unpaired) electrons. The zero-order valence-corrected chi connectivity index (χ0v) is 19.7. The van der Waals surface area contributed by atoms with Crippen molar-refractivity contribution in [1.82, 2.24) is 4.72 Å². The maximum absolute atomic E-state index is 12.5. The van der Waals surface area contributed by atoms with Crippen LogP contribution >= 0.6 is 0 Å². The van der Waals surface area contributed by atoms with Crippen molar-refractivity contribution >= 4 is 16.0 Å². The number of rotatable bonds is 7. The van der Waals surface area contributed by atoms with Gasteiger partial charge in [-0.1, -0.05) is 44.2 Å². The molecule has 0 aliphatic rings. The second-order valence-corrected chi connectivity index (χ2v) is 6.66. The summed E-state index contributed by atoms with van der Waals surface area (Å²) in [5.41, 5.74) is 0. The van der Waals surface area contributed by atoms with Gasteiger partial charge in [-0.3, -0.25) is 4.79 Å². The Morgan fingerprint density at radius 1 is 1.07 bits per heavy atom.